The van der Waals surface area contributed by atoms with Crippen LogP contribution in [-0.4, -0.2) is 46.8 Å². The Morgan fingerprint density at radius 1 is 1.53 bits per heavy atom. The first-order valence-electron chi connectivity index (χ1n) is 6.85. The molecule has 2 rings (SSSR count). The monoisotopic (exact) mass is 264 g/mol. The predicted molar refractivity (Wildman–Crippen MR) is 75.3 cm³/mol. The Balaban J connectivity index is 2.22. The zero-order valence-corrected chi connectivity index (χ0v) is 12.5. The van der Waals surface area contributed by atoms with Crippen molar-refractivity contribution in [3.63, 3.8) is 0 Å². The zero-order chi connectivity index (χ0) is 14.2. The minimum Gasteiger partial charge on any atom is -0.337 e. The van der Waals surface area contributed by atoms with Crippen LogP contribution in [0.2, 0.25) is 0 Å². The molecule has 2 heterocycles. The van der Waals surface area contributed by atoms with Crippen molar-refractivity contribution >= 4 is 5.91 Å². The number of aromatic nitrogens is 2. The van der Waals surface area contributed by atoms with E-state index in [9.17, 15) is 4.79 Å². The molecule has 1 aromatic heterocycles. The SMILES string of the molecule is Cc1c(C(=O)N(C)C2CCNC2)cnn1C(C)(C)C. The van der Waals surface area contributed by atoms with Crippen LogP contribution in [0.15, 0.2) is 6.20 Å². The maximum Gasteiger partial charge on any atom is 0.257 e. The number of hydrogen-bond donors (Lipinski definition) is 1. The van der Waals surface area contributed by atoms with Crippen molar-refractivity contribution in [1.82, 2.24) is 20.0 Å². The molecular formula is C14H24N4O. The molecule has 0 spiro atoms. The van der Waals surface area contributed by atoms with Crippen LogP contribution in [0.3, 0.4) is 0 Å². The molecule has 1 unspecified atom stereocenters. The molecule has 106 valence electrons. The van der Waals surface area contributed by atoms with Crippen molar-refractivity contribution in [3.8, 4) is 0 Å². The van der Waals surface area contributed by atoms with Crippen LogP contribution < -0.4 is 5.32 Å². The lowest BCUT2D eigenvalue weighted by Crippen LogP contribution is -2.38. The quantitative estimate of drug-likeness (QED) is 0.878. The van der Waals surface area contributed by atoms with Crippen LogP contribution in [0.1, 0.15) is 43.2 Å². The molecule has 1 saturated heterocycles. The summed E-state index contributed by atoms with van der Waals surface area (Å²) in [6, 6.07) is 0.296. The van der Waals surface area contributed by atoms with Gasteiger partial charge in [0.15, 0.2) is 0 Å². The number of hydrogen-bond acceptors (Lipinski definition) is 3. The Morgan fingerprint density at radius 2 is 2.21 bits per heavy atom. The molecule has 1 aliphatic rings. The summed E-state index contributed by atoms with van der Waals surface area (Å²) in [6.45, 7) is 10.1. The molecule has 0 aromatic carbocycles. The highest BCUT2D eigenvalue weighted by molar-refractivity contribution is 5.95. The molecular weight excluding hydrogens is 240 g/mol. The second kappa shape index (κ2) is 4.96. The number of likely N-dealkylation sites (N-methyl/N-ethyl adjacent to an activating group) is 1. The third-order valence-corrected chi connectivity index (χ3v) is 3.78. The lowest BCUT2D eigenvalue weighted by Gasteiger charge is -2.24. The summed E-state index contributed by atoms with van der Waals surface area (Å²) in [5.41, 5.74) is 1.55. The maximum absolute atomic E-state index is 12.5. The number of nitrogens with one attached hydrogen (secondary N) is 1. The molecule has 19 heavy (non-hydrogen) atoms. The molecule has 5 nitrogen and oxygen atoms in total. The molecule has 0 aliphatic carbocycles. The molecule has 1 aliphatic heterocycles. The Bertz CT molecular complexity index is 466. The third-order valence-electron chi connectivity index (χ3n) is 3.78. The predicted octanol–water partition coefficient (Wildman–Crippen LogP) is 1.38. The topological polar surface area (TPSA) is 50.2 Å². The first kappa shape index (κ1) is 14.1. The molecule has 5 heteroatoms. The van der Waals surface area contributed by atoms with Gasteiger partial charge in [0, 0.05) is 25.3 Å². The van der Waals surface area contributed by atoms with Gasteiger partial charge in [-0.25, -0.2) is 0 Å². The van der Waals surface area contributed by atoms with E-state index in [2.05, 4.69) is 31.2 Å². The van der Waals surface area contributed by atoms with E-state index < -0.39 is 0 Å². The molecule has 1 fully saturated rings. The summed E-state index contributed by atoms with van der Waals surface area (Å²) < 4.78 is 1.92. The van der Waals surface area contributed by atoms with Gasteiger partial charge in [-0.2, -0.15) is 5.10 Å². The van der Waals surface area contributed by atoms with Crippen LogP contribution in [-0.2, 0) is 5.54 Å². The van der Waals surface area contributed by atoms with Gasteiger partial charge in [-0.05, 0) is 40.7 Å². The van der Waals surface area contributed by atoms with Crippen molar-refractivity contribution in [3.05, 3.63) is 17.5 Å². The molecule has 0 radical (unpaired) electrons. The van der Waals surface area contributed by atoms with Gasteiger partial charge in [0.05, 0.1) is 17.3 Å². The highest BCUT2D eigenvalue weighted by atomic mass is 16.2. The van der Waals surface area contributed by atoms with E-state index >= 15 is 0 Å². The first-order valence-corrected chi connectivity index (χ1v) is 6.85. The van der Waals surface area contributed by atoms with Gasteiger partial charge in [0.1, 0.15) is 0 Å². The fourth-order valence-electron chi connectivity index (χ4n) is 2.62. The van der Waals surface area contributed by atoms with Crippen LogP contribution in [0.5, 0.6) is 0 Å². The van der Waals surface area contributed by atoms with Gasteiger partial charge in [0.2, 0.25) is 0 Å². The summed E-state index contributed by atoms with van der Waals surface area (Å²) in [7, 11) is 1.88. The van der Waals surface area contributed by atoms with E-state index in [0.29, 0.717) is 11.6 Å². The van der Waals surface area contributed by atoms with Crippen molar-refractivity contribution in [2.45, 2.75) is 45.7 Å². The lowest BCUT2D eigenvalue weighted by atomic mass is 10.1. The second-order valence-electron chi connectivity index (χ2n) is 6.29. The lowest BCUT2D eigenvalue weighted by molar-refractivity contribution is 0.0742. The van der Waals surface area contributed by atoms with E-state index in [4.69, 9.17) is 0 Å². The minimum atomic E-state index is -0.101. The van der Waals surface area contributed by atoms with E-state index in [0.717, 1.165) is 25.2 Å². The smallest absolute Gasteiger partial charge is 0.257 e. The van der Waals surface area contributed by atoms with Gasteiger partial charge >= 0.3 is 0 Å². The minimum absolute atomic E-state index is 0.0710. The summed E-state index contributed by atoms with van der Waals surface area (Å²) in [5.74, 6) is 0.0710. The third kappa shape index (κ3) is 2.66. The number of carbonyl (C=O) groups is 1. The summed E-state index contributed by atoms with van der Waals surface area (Å²) in [6.07, 6.45) is 2.72. The van der Waals surface area contributed by atoms with Gasteiger partial charge in [-0.3, -0.25) is 9.48 Å². The fraction of sp³-hybridized carbons (Fsp3) is 0.714. The highest BCUT2D eigenvalue weighted by Gasteiger charge is 2.27. The van der Waals surface area contributed by atoms with Crippen LogP contribution in [0, 0.1) is 6.92 Å². The van der Waals surface area contributed by atoms with Crippen molar-refractivity contribution in [2.75, 3.05) is 20.1 Å². The van der Waals surface area contributed by atoms with E-state index in [1.165, 1.54) is 0 Å². The molecule has 1 aromatic rings. The van der Waals surface area contributed by atoms with Gasteiger partial charge < -0.3 is 10.2 Å². The first-order chi connectivity index (χ1) is 8.82. The Morgan fingerprint density at radius 3 is 2.68 bits per heavy atom. The van der Waals surface area contributed by atoms with Gasteiger partial charge in [-0.15, -0.1) is 0 Å². The van der Waals surface area contributed by atoms with E-state index in [1.54, 1.807) is 6.20 Å². The Kier molecular flexibility index (Phi) is 3.67. The molecule has 1 atom stereocenters. The summed E-state index contributed by atoms with van der Waals surface area (Å²) >= 11 is 0. The van der Waals surface area contributed by atoms with Crippen LogP contribution >= 0.6 is 0 Å². The normalized spacial score (nSPS) is 19.7. The van der Waals surface area contributed by atoms with Gasteiger partial charge in [-0.1, -0.05) is 0 Å². The average Bonchev–Trinajstić information content (AvgIpc) is 2.94. The Hall–Kier alpha value is -1.36. The Labute approximate surface area is 115 Å². The summed E-state index contributed by atoms with van der Waals surface area (Å²) in [4.78, 5) is 14.4. The standard InChI is InChI=1S/C14H24N4O/c1-10-12(9-16-18(10)14(2,3)4)13(19)17(5)11-6-7-15-8-11/h9,11,15H,6-8H2,1-5H3. The average molecular weight is 264 g/mol. The van der Waals surface area contributed by atoms with Crippen molar-refractivity contribution < 1.29 is 4.79 Å². The number of nitrogens with zero attached hydrogens (tertiary/aromatic N) is 3. The number of carbonyl (C=O) groups excluding carboxylic acids is 1. The van der Waals surface area contributed by atoms with E-state index in [-0.39, 0.29) is 11.4 Å². The second-order valence-corrected chi connectivity index (χ2v) is 6.29. The summed E-state index contributed by atoms with van der Waals surface area (Å²) in [5, 5.41) is 7.66. The largest absolute Gasteiger partial charge is 0.337 e. The maximum atomic E-state index is 12.5. The molecule has 1 amide bonds. The zero-order valence-electron chi connectivity index (χ0n) is 12.5. The molecule has 0 saturated carbocycles. The van der Waals surface area contributed by atoms with Crippen molar-refractivity contribution in [2.24, 2.45) is 0 Å². The van der Waals surface area contributed by atoms with Gasteiger partial charge in [0.25, 0.3) is 5.91 Å². The number of amides is 1. The fourth-order valence-corrected chi connectivity index (χ4v) is 2.62. The molecule has 1 N–H and O–H groups in total. The number of rotatable bonds is 2. The molecule has 0 bridgehead atoms. The van der Waals surface area contributed by atoms with E-state index in [1.807, 2.05) is 23.6 Å². The van der Waals surface area contributed by atoms with Crippen LogP contribution in [0.25, 0.3) is 0 Å². The highest BCUT2D eigenvalue weighted by Crippen LogP contribution is 2.20. The van der Waals surface area contributed by atoms with Crippen LogP contribution in [0.4, 0.5) is 0 Å². The van der Waals surface area contributed by atoms with Crippen molar-refractivity contribution in [1.29, 1.82) is 0 Å².